The minimum atomic E-state index is -0.266. The second-order valence-electron chi connectivity index (χ2n) is 5.37. The summed E-state index contributed by atoms with van der Waals surface area (Å²) in [4.78, 5) is 28.5. The highest BCUT2D eigenvalue weighted by Crippen LogP contribution is 2.11. The maximum Gasteiger partial charge on any atom is 0.346 e. The maximum absolute atomic E-state index is 12.3. The van der Waals surface area contributed by atoms with E-state index >= 15 is 0 Å². The molecule has 128 valence electrons. The lowest BCUT2D eigenvalue weighted by Gasteiger charge is -2.05. The van der Waals surface area contributed by atoms with Crippen LogP contribution in [-0.2, 0) is 13.6 Å². The molecule has 0 bridgehead atoms. The molecule has 0 saturated carbocycles. The molecular weight excluding hydrogens is 342 g/mol. The van der Waals surface area contributed by atoms with Gasteiger partial charge in [0.15, 0.2) is 5.82 Å². The lowest BCUT2D eigenvalue weighted by Crippen LogP contribution is -2.31. The molecule has 0 atom stereocenters. The van der Waals surface area contributed by atoms with Crippen LogP contribution in [-0.4, -0.2) is 31.8 Å². The monoisotopic (exact) mass is 357 g/mol. The Morgan fingerprint density at radius 3 is 2.80 bits per heavy atom. The molecular formula is C17H16ClN5O2. The van der Waals surface area contributed by atoms with E-state index in [4.69, 9.17) is 11.6 Å². The number of nitrogens with one attached hydrogen (secondary N) is 1. The highest BCUT2D eigenvalue weighted by atomic mass is 35.5. The van der Waals surface area contributed by atoms with Crippen molar-refractivity contribution in [3.63, 3.8) is 0 Å². The first-order chi connectivity index (χ1) is 12.1. The van der Waals surface area contributed by atoms with Gasteiger partial charge in [-0.2, -0.15) is 0 Å². The van der Waals surface area contributed by atoms with E-state index in [0.29, 0.717) is 22.1 Å². The van der Waals surface area contributed by atoms with Gasteiger partial charge in [-0.05, 0) is 30.3 Å². The van der Waals surface area contributed by atoms with Crippen LogP contribution in [0.3, 0.4) is 0 Å². The largest absolute Gasteiger partial charge is 0.350 e. The van der Waals surface area contributed by atoms with Crippen molar-refractivity contribution in [2.24, 2.45) is 7.05 Å². The van der Waals surface area contributed by atoms with Crippen LogP contribution in [0.5, 0.6) is 0 Å². The van der Waals surface area contributed by atoms with Gasteiger partial charge in [-0.25, -0.2) is 9.48 Å². The number of hydrogen-bond donors (Lipinski definition) is 1. The number of halogens is 1. The fraction of sp³-hybridized carbons (Fsp3) is 0.176. The van der Waals surface area contributed by atoms with Crippen molar-refractivity contribution in [1.82, 2.24) is 24.6 Å². The number of nitrogens with zero attached hydrogens (tertiary/aromatic N) is 4. The van der Waals surface area contributed by atoms with Crippen LogP contribution in [0.25, 0.3) is 11.5 Å². The molecule has 7 nitrogen and oxygen atoms in total. The lowest BCUT2D eigenvalue weighted by molar-refractivity contribution is 0.0952. The summed E-state index contributed by atoms with van der Waals surface area (Å²) in [5, 5.41) is 7.54. The molecule has 25 heavy (non-hydrogen) atoms. The van der Waals surface area contributed by atoms with E-state index in [1.54, 1.807) is 49.6 Å². The first kappa shape index (κ1) is 16.9. The van der Waals surface area contributed by atoms with E-state index in [2.05, 4.69) is 15.4 Å². The Balaban J connectivity index is 1.68. The number of carbonyl (C=O) groups excluding carboxylic acids is 1. The summed E-state index contributed by atoms with van der Waals surface area (Å²) in [7, 11) is 1.64. The molecule has 1 amide bonds. The first-order valence-electron chi connectivity index (χ1n) is 7.65. The van der Waals surface area contributed by atoms with Crippen LogP contribution >= 0.6 is 11.6 Å². The predicted octanol–water partition coefficient (Wildman–Crippen LogP) is 1.73. The van der Waals surface area contributed by atoms with E-state index in [1.807, 2.05) is 6.07 Å². The van der Waals surface area contributed by atoms with Crippen molar-refractivity contribution >= 4 is 17.5 Å². The molecule has 2 heterocycles. The average molecular weight is 358 g/mol. The molecule has 1 aromatic carbocycles. The van der Waals surface area contributed by atoms with Crippen molar-refractivity contribution in [3.8, 4) is 11.5 Å². The van der Waals surface area contributed by atoms with Gasteiger partial charge in [0.2, 0.25) is 0 Å². The number of rotatable bonds is 5. The van der Waals surface area contributed by atoms with Gasteiger partial charge in [0, 0.05) is 30.4 Å². The van der Waals surface area contributed by atoms with Gasteiger partial charge < -0.3 is 5.32 Å². The smallest absolute Gasteiger partial charge is 0.346 e. The third-order valence-electron chi connectivity index (χ3n) is 3.63. The molecule has 0 radical (unpaired) electrons. The van der Waals surface area contributed by atoms with Gasteiger partial charge >= 0.3 is 5.69 Å². The molecule has 0 fully saturated rings. The van der Waals surface area contributed by atoms with Crippen molar-refractivity contribution in [3.05, 3.63) is 69.7 Å². The molecule has 0 saturated heterocycles. The summed E-state index contributed by atoms with van der Waals surface area (Å²) in [6, 6.07) is 12.1. The Morgan fingerprint density at radius 1 is 1.24 bits per heavy atom. The van der Waals surface area contributed by atoms with Crippen molar-refractivity contribution in [2.75, 3.05) is 6.54 Å². The zero-order chi connectivity index (χ0) is 17.8. The summed E-state index contributed by atoms with van der Waals surface area (Å²) in [6.07, 6.45) is 1.64. The zero-order valence-corrected chi connectivity index (χ0v) is 14.3. The SMILES string of the molecule is Cn1c(-c2ccccn2)nn(CCNC(=O)c2cccc(Cl)c2)c1=O. The Labute approximate surface area is 148 Å². The summed E-state index contributed by atoms with van der Waals surface area (Å²) in [5.41, 5.74) is 0.816. The second-order valence-corrected chi connectivity index (χ2v) is 5.81. The molecule has 0 aliphatic rings. The lowest BCUT2D eigenvalue weighted by atomic mass is 10.2. The van der Waals surface area contributed by atoms with Crippen molar-refractivity contribution in [1.29, 1.82) is 0 Å². The van der Waals surface area contributed by atoms with Crippen molar-refractivity contribution < 1.29 is 4.79 Å². The van der Waals surface area contributed by atoms with Crippen LogP contribution in [0.4, 0.5) is 0 Å². The predicted molar refractivity (Wildman–Crippen MR) is 94.5 cm³/mol. The van der Waals surface area contributed by atoms with Crippen LogP contribution in [0.15, 0.2) is 53.5 Å². The summed E-state index contributed by atoms with van der Waals surface area (Å²) >= 11 is 5.87. The fourth-order valence-electron chi connectivity index (χ4n) is 2.36. The molecule has 1 N–H and O–H groups in total. The van der Waals surface area contributed by atoms with Gasteiger partial charge in [-0.3, -0.25) is 14.3 Å². The minimum absolute atomic E-state index is 0.253. The Kier molecular flexibility index (Phi) is 4.95. The molecule has 0 aliphatic carbocycles. The van der Waals surface area contributed by atoms with E-state index in [1.165, 1.54) is 9.25 Å². The van der Waals surface area contributed by atoms with Crippen LogP contribution in [0.1, 0.15) is 10.4 Å². The first-order valence-corrected chi connectivity index (χ1v) is 8.03. The van der Waals surface area contributed by atoms with Crippen molar-refractivity contribution in [2.45, 2.75) is 6.54 Å². The van der Waals surface area contributed by atoms with E-state index in [-0.39, 0.29) is 24.7 Å². The number of aromatic nitrogens is 4. The molecule has 3 rings (SSSR count). The number of benzene rings is 1. The van der Waals surface area contributed by atoms with Crippen LogP contribution in [0.2, 0.25) is 5.02 Å². The van der Waals surface area contributed by atoms with Gasteiger partial charge in [-0.1, -0.05) is 23.7 Å². The normalized spacial score (nSPS) is 10.6. The standard InChI is InChI=1S/C17H16ClN5O2/c1-22-15(14-7-2-3-8-19-14)21-23(17(22)25)10-9-20-16(24)12-5-4-6-13(18)11-12/h2-8,11H,9-10H2,1H3,(H,20,24). The number of hydrogen-bond acceptors (Lipinski definition) is 4. The summed E-state index contributed by atoms with van der Waals surface area (Å²) in [6.45, 7) is 0.524. The Morgan fingerprint density at radius 2 is 2.08 bits per heavy atom. The Bertz CT molecular complexity index is 949. The van der Waals surface area contributed by atoms with Gasteiger partial charge in [0.1, 0.15) is 5.69 Å². The third-order valence-corrected chi connectivity index (χ3v) is 3.87. The molecule has 3 aromatic rings. The topological polar surface area (TPSA) is 81.8 Å². The second kappa shape index (κ2) is 7.31. The highest BCUT2D eigenvalue weighted by Gasteiger charge is 2.13. The Hall–Kier alpha value is -2.93. The van der Waals surface area contributed by atoms with Gasteiger partial charge in [0.25, 0.3) is 5.91 Å². The maximum atomic E-state index is 12.3. The molecule has 0 aliphatic heterocycles. The van der Waals surface area contributed by atoms with E-state index in [0.717, 1.165) is 0 Å². The average Bonchev–Trinajstić information content (AvgIpc) is 2.91. The van der Waals surface area contributed by atoms with E-state index < -0.39 is 0 Å². The fourth-order valence-corrected chi connectivity index (χ4v) is 2.55. The summed E-state index contributed by atoms with van der Waals surface area (Å²) in [5.74, 6) is 0.225. The van der Waals surface area contributed by atoms with Crippen LogP contribution < -0.4 is 11.0 Å². The summed E-state index contributed by atoms with van der Waals surface area (Å²) < 4.78 is 2.74. The van der Waals surface area contributed by atoms with Gasteiger partial charge in [0.05, 0.1) is 6.54 Å². The zero-order valence-electron chi connectivity index (χ0n) is 13.5. The number of amides is 1. The molecule has 0 unspecified atom stereocenters. The number of carbonyl (C=O) groups is 1. The minimum Gasteiger partial charge on any atom is -0.350 e. The van der Waals surface area contributed by atoms with Gasteiger partial charge in [-0.15, -0.1) is 5.10 Å². The highest BCUT2D eigenvalue weighted by molar-refractivity contribution is 6.30. The third kappa shape index (κ3) is 3.77. The van der Waals surface area contributed by atoms with Crippen LogP contribution in [0, 0.1) is 0 Å². The molecule has 2 aromatic heterocycles. The number of pyridine rings is 1. The quantitative estimate of drug-likeness (QED) is 0.754. The van der Waals surface area contributed by atoms with E-state index in [9.17, 15) is 9.59 Å². The molecule has 8 heteroatoms. The molecule has 0 spiro atoms.